The predicted molar refractivity (Wildman–Crippen MR) is 52.8 cm³/mol. The molecule has 0 aliphatic rings. The average Bonchev–Trinajstić information content (AvgIpc) is 2.01. The zero-order chi connectivity index (χ0) is 10.8. The van der Waals surface area contributed by atoms with Crippen molar-refractivity contribution in [1.82, 2.24) is 4.90 Å². The Labute approximate surface area is 85.1 Å². The van der Waals surface area contributed by atoms with Gasteiger partial charge in [0, 0.05) is 0 Å². The summed E-state index contributed by atoms with van der Waals surface area (Å²) in [5.74, 6) is 0. The van der Waals surface area contributed by atoms with Gasteiger partial charge in [-0.05, 0) is 0 Å². The summed E-state index contributed by atoms with van der Waals surface area (Å²) < 4.78 is 31.2. The molecule has 5 heteroatoms. The molecule has 1 N–H and O–H groups in total. The van der Waals surface area contributed by atoms with Gasteiger partial charge in [0.25, 0.3) is 0 Å². The Morgan fingerprint density at radius 2 is 1.86 bits per heavy atom. The SMILES string of the molecule is CN(C)Cc1ccccc1[Se](=O)(=O)O. The summed E-state index contributed by atoms with van der Waals surface area (Å²) in [7, 11) is 3.68. The third-order valence-electron chi connectivity index (χ3n) is 1.74. The second-order valence-corrected chi connectivity index (χ2v) is 6.24. The Morgan fingerprint density at radius 3 is 2.36 bits per heavy atom. The Kier molecular flexibility index (Phi) is 3.39. The molecule has 0 fully saturated rings. The van der Waals surface area contributed by atoms with Crippen LogP contribution in [0, 0.1) is 0 Å². The molecule has 0 bridgehead atoms. The summed E-state index contributed by atoms with van der Waals surface area (Å²) in [6.45, 7) is 0.500. The van der Waals surface area contributed by atoms with Crippen LogP contribution in [-0.2, 0) is 14.2 Å². The maximum atomic E-state index is 11.0. The molecule has 1 aromatic carbocycles. The summed E-state index contributed by atoms with van der Waals surface area (Å²) in [5, 5.41) is 0. The van der Waals surface area contributed by atoms with E-state index in [1.165, 1.54) is 6.07 Å². The molecule has 0 spiro atoms. The first kappa shape index (κ1) is 11.3. The van der Waals surface area contributed by atoms with Gasteiger partial charge >= 0.3 is 84.7 Å². The third-order valence-corrected chi connectivity index (χ3v) is 3.74. The maximum absolute atomic E-state index is 11.0. The van der Waals surface area contributed by atoms with Gasteiger partial charge < -0.3 is 0 Å². The molecule has 0 saturated heterocycles. The van der Waals surface area contributed by atoms with Crippen LogP contribution in [0.3, 0.4) is 0 Å². The Bertz CT molecular complexity index is 412. The van der Waals surface area contributed by atoms with Crippen molar-refractivity contribution in [3.8, 4) is 0 Å². The quantitative estimate of drug-likeness (QED) is 0.763. The molecule has 1 aromatic rings. The monoisotopic (exact) mass is 263 g/mol. The molecule has 0 amide bonds. The third kappa shape index (κ3) is 2.89. The van der Waals surface area contributed by atoms with Crippen molar-refractivity contribution < 1.29 is 11.9 Å². The van der Waals surface area contributed by atoms with Gasteiger partial charge in [0.1, 0.15) is 0 Å². The van der Waals surface area contributed by atoms with E-state index in [0.29, 0.717) is 12.1 Å². The molecule has 14 heavy (non-hydrogen) atoms. The van der Waals surface area contributed by atoms with Crippen LogP contribution >= 0.6 is 0 Å². The van der Waals surface area contributed by atoms with Crippen LogP contribution in [0.15, 0.2) is 24.3 Å². The summed E-state index contributed by atoms with van der Waals surface area (Å²) in [4.78, 5) is 1.85. The zero-order valence-electron chi connectivity index (χ0n) is 8.14. The molecule has 0 saturated carbocycles. The molecule has 4 nitrogen and oxygen atoms in total. The topological polar surface area (TPSA) is 57.6 Å². The minimum absolute atomic E-state index is 0.0532. The van der Waals surface area contributed by atoms with Crippen LogP contribution in [0.1, 0.15) is 5.56 Å². The fraction of sp³-hybridized carbons (Fsp3) is 0.333. The second kappa shape index (κ2) is 4.19. The molecular formula is C9H13NO3Se. The molecule has 0 aliphatic heterocycles. The van der Waals surface area contributed by atoms with Gasteiger partial charge in [0.15, 0.2) is 0 Å². The first-order chi connectivity index (χ1) is 6.41. The van der Waals surface area contributed by atoms with E-state index in [1.807, 2.05) is 19.0 Å². The number of nitrogens with zero attached hydrogens (tertiary/aromatic N) is 1. The molecule has 1 rings (SSSR count). The Morgan fingerprint density at radius 1 is 1.29 bits per heavy atom. The van der Waals surface area contributed by atoms with E-state index in [1.54, 1.807) is 18.2 Å². The summed E-state index contributed by atoms with van der Waals surface area (Å²) in [6, 6.07) is 6.49. The summed E-state index contributed by atoms with van der Waals surface area (Å²) in [5.41, 5.74) is 0.630. The molecule has 0 aromatic heterocycles. The molecule has 0 radical (unpaired) electrons. The Hall–Kier alpha value is -0.741. The van der Waals surface area contributed by atoms with Crippen molar-refractivity contribution in [2.75, 3.05) is 14.1 Å². The molecule has 0 atom stereocenters. The van der Waals surface area contributed by atoms with E-state index in [-0.39, 0.29) is 4.46 Å². The zero-order valence-corrected chi connectivity index (χ0v) is 9.85. The van der Waals surface area contributed by atoms with E-state index < -0.39 is 13.0 Å². The van der Waals surface area contributed by atoms with Crippen LogP contribution < -0.4 is 4.46 Å². The number of rotatable bonds is 3. The van der Waals surface area contributed by atoms with Crippen LogP contribution in [0.4, 0.5) is 0 Å². The molecule has 0 unspecified atom stereocenters. The predicted octanol–water partition coefficient (Wildman–Crippen LogP) is -0.253. The second-order valence-electron chi connectivity index (χ2n) is 3.32. The van der Waals surface area contributed by atoms with Crippen molar-refractivity contribution in [3.05, 3.63) is 29.8 Å². The molecule has 78 valence electrons. The normalized spacial score (nSPS) is 12.0. The molecular weight excluding hydrogens is 249 g/mol. The van der Waals surface area contributed by atoms with Gasteiger partial charge in [-0.1, -0.05) is 0 Å². The minimum atomic E-state index is -4.85. The van der Waals surface area contributed by atoms with Crippen LogP contribution in [-0.4, -0.2) is 36.2 Å². The van der Waals surface area contributed by atoms with Crippen molar-refractivity contribution in [3.63, 3.8) is 0 Å². The van der Waals surface area contributed by atoms with Crippen LogP contribution in [0.2, 0.25) is 0 Å². The van der Waals surface area contributed by atoms with Crippen molar-refractivity contribution in [2.24, 2.45) is 0 Å². The van der Waals surface area contributed by atoms with Crippen LogP contribution in [0.25, 0.3) is 0 Å². The summed E-state index contributed by atoms with van der Waals surface area (Å²) >= 11 is -4.85. The fourth-order valence-electron chi connectivity index (χ4n) is 1.23. The number of hydrogen-bond acceptors (Lipinski definition) is 3. The van der Waals surface area contributed by atoms with E-state index in [9.17, 15) is 7.67 Å². The van der Waals surface area contributed by atoms with E-state index in [0.717, 1.165) is 0 Å². The van der Waals surface area contributed by atoms with Gasteiger partial charge in [0.2, 0.25) is 0 Å². The van der Waals surface area contributed by atoms with E-state index in [4.69, 9.17) is 4.19 Å². The number of benzene rings is 1. The fourth-order valence-corrected chi connectivity index (χ4v) is 2.73. The Balaban J connectivity index is 3.17. The van der Waals surface area contributed by atoms with Crippen molar-refractivity contribution in [1.29, 1.82) is 0 Å². The number of hydrogen-bond donors (Lipinski definition) is 1. The van der Waals surface area contributed by atoms with Gasteiger partial charge in [-0.2, -0.15) is 0 Å². The van der Waals surface area contributed by atoms with Crippen molar-refractivity contribution >= 4 is 17.5 Å². The first-order valence-electron chi connectivity index (χ1n) is 4.11. The standard InChI is InChI=1S/C9H13NO3Se/c1-10(2)7-8-5-3-4-6-9(8)14(11,12)13/h3-6H,7H2,1-2H3,(H,11,12,13). The van der Waals surface area contributed by atoms with E-state index in [2.05, 4.69) is 0 Å². The average molecular weight is 262 g/mol. The molecule has 0 heterocycles. The molecule has 0 aliphatic carbocycles. The van der Waals surface area contributed by atoms with Gasteiger partial charge in [0.05, 0.1) is 0 Å². The first-order valence-corrected chi connectivity index (χ1v) is 7.13. The van der Waals surface area contributed by atoms with Gasteiger partial charge in [-0.15, -0.1) is 0 Å². The van der Waals surface area contributed by atoms with Crippen LogP contribution in [0.5, 0.6) is 0 Å². The van der Waals surface area contributed by atoms with Gasteiger partial charge in [-0.3, -0.25) is 0 Å². The van der Waals surface area contributed by atoms with E-state index >= 15 is 0 Å². The van der Waals surface area contributed by atoms with Crippen molar-refractivity contribution in [2.45, 2.75) is 6.54 Å². The summed E-state index contributed by atoms with van der Waals surface area (Å²) in [6.07, 6.45) is 0. The van der Waals surface area contributed by atoms with Gasteiger partial charge in [-0.25, -0.2) is 0 Å².